The van der Waals surface area contributed by atoms with Crippen LogP contribution in [0.3, 0.4) is 0 Å². The lowest BCUT2D eigenvalue weighted by Crippen LogP contribution is -2.16. The lowest BCUT2D eigenvalue weighted by Gasteiger charge is -2.11. The second kappa shape index (κ2) is 6.10. The Balaban J connectivity index is 0.00000176. The number of hydrogen-bond acceptors (Lipinski definition) is 4. The highest BCUT2D eigenvalue weighted by Gasteiger charge is 2.23. The summed E-state index contributed by atoms with van der Waals surface area (Å²) < 4.78 is 5.32. The molecule has 0 bridgehead atoms. The minimum Gasteiger partial charge on any atom is -0.361 e. The number of halogens is 1. The van der Waals surface area contributed by atoms with E-state index in [4.69, 9.17) is 10.3 Å². The fourth-order valence-electron chi connectivity index (χ4n) is 2.32. The van der Waals surface area contributed by atoms with Crippen LogP contribution in [-0.2, 0) is 11.8 Å². The molecule has 2 aromatic heterocycles. The van der Waals surface area contributed by atoms with Crippen LogP contribution in [0.1, 0.15) is 44.1 Å². The third-order valence-electron chi connectivity index (χ3n) is 3.54. The molecule has 3 N–H and O–H groups in total. The van der Waals surface area contributed by atoms with Crippen LogP contribution in [-0.4, -0.2) is 15.1 Å². The summed E-state index contributed by atoms with van der Waals surface area (Å²) in [5.74, 6) is 1.18. The van der Waals surface area contributed by atoms with Crippen molar-refractivity contribution in [1.29, 1.82) is 0 Å². The van der Waals surface area contributed by atoms with Crippen molar-refractivity contribution in [3.05, 3.63) is 47.7 Å². The first-order chi connectivity index (χ1) is 9.95. The Hall–Kier alpha value is -1.85. The van der Waals surface area contributed by atoms with Crippen molar-refractivity contribution in [2.45, 2.75) is 38.6 Å². The zero-order valence-electron chi connectivity index (χ0n) is 13.0. The fraction of sp³-hybridized carbons (Fsp3) is 0.375. The maximum absolute atomic E-state index is 6.22. The molecule has 0 saturated heterocycles. The van der Waals surface area contributed by atoms with Crippen LogP contribution in [0.25, 0.3) is 10.9 Å². The number of nitrogens with two attached hydrogens (primary N) is 1. The molecule has 1 aromatic carbocycles. The summed E-state index contributed by atoms with van der Waals surface area (Å²) in [4.78, 5) is 7.68. The fourth-order valence-corrected chi connectivity index (χ4v) is 2.32. The number of fused-ring (bicyclic) bond motifs is 1. The van der Waals surface area contributed by atoms with E-state index in [2.05, 4.69) is 27.3 Å². The standard InChI is InChI=1S/C16H20N4O.ClH/c1-16(2,3)15-19-14(21-20-15)12(17)8-10-9-18-13-7-5-4-6-11(10)13;/h4-7,9,12,18H,8,17H2,1-3H3;1H/t12-;/m0./s1. The van der Waals surface area contributed by atoms with Gasteiger partial charge in [0.15, 0.2) is 5.82 Å². The van der Waals surface area contributed by atoms with Crippen molar-refractivity contribution in [2.75, 3.05) is 0 Å². The van der Waals surface area contributed by atoms with E-state index < -0.39 is 0 Å². The molecule has 1 atom stereocenters. The topological polar surface area (TPSA) is 80.7 Å². The van der Waals surface area contributed by atoms with Gasteiger partial charge in [-0.3, -0.25) is 0 Å². The van der Waals surface area contributed by atoms with Gasteiger partial charge in [0.05, 0.1) is 6.04 Å². The number of aromatic amines is 1. The number of nitrogens with zero attached hydrogens (tertiary/aromatic N) is 2. The summed E-state index contributed by atoms with van der Waals surface area (Å²) in [6.07, 6.45) is 2.65. The second-order valence-corrected chi connectivity index (χ2v) is 6.38. The van der Waals surface area contributed by atoms with Crippen LogP contribution in [0.4, 0.5) is 0 Å². The largest absolute Gasteiger partial charge is 0.361 e. The van der Waals surface area contributed by atoms with E-state index in [0.717, 1.165) is 11.1 Å². The van der Waals surface area contributed by atoms with Crippen LogP contribution in [0, 0.1) is 0 Å². The Morgan fingerprint density at radius 2 is 2.00 bits per heavy atom. The van der Waals surface area contributed by atoms with Crippen LogP contribution in [0.5, 0.6) is 0 Å². The van der Waals surface area contributed by atoms with Gasteiger partial charge in [0.25, 0.3) is 0 Å². The molecule has 0 aliphatic carbocycles. The first kappa shape index (κ1) is 16.5. The number of aromatic nitrogens is 3. The zero-order valence-corrected chi connectivity index (χ0v) is 13.8. The van der Waals surface area contributed by atoms with Gasteiger partial charge in [-0.15, -0.1) is 12.4 Å². The van der Waals surface area contributed by atoms with Crippen LogP contribution >= 0.6 is 12.4 Å². The minimum absolute atomic E-state index is 0. The van der Waals surface area contributed by atoms with Crippen molar-refractivity contribution in [2.24, 2.45) is 5.73 Å². The number of rotatable bonds is 3. The molecule has 0 amide bonds. The van der Waals surface area contributed by atoms with Gasteiger partial charge in [0.1, 0.15) is 0 Å². The summed E-state index contributed by atoms with van der Waals surface area (Å²) >= 11 is 0. The summed E-state index contributed by atoms with van der Waals surface area (Å²) in [6.45, 7) is 6.15. The maximum Gasteiger partial charge on any atom is 0.243 e. The van der Waals surface area contributed by atoms with E-state index in [9.17, 15) is 0 Å². The van der Waals surface area contributed by atoms with Gasteiger partial charge in [0.2, 0.25) is 5.89 Å². The Morgan fingerprint density at radius 1 is 1.27 bits per heavy atom. The molecule has 6 heteroatoms. The number of hydrogen-bond donors (Lipinski definition) is 2. The average molecular weight is 321 g/mol. The number of nitrogens with one attached hydrogen (secondary N) is 1. The third-order valence-corrected chi connectivity index (χ3v) is 3.54. The predicted octanol–water partition coefficient (Wildman–Crippen LogP) is 3.51. The Kier molecular flexibility index (Phi) is 4.58. The Bertz CT molecular complexity index is 757. The first-order valence-corrected chi connectivity index (χ1v) is 7.10. The van der Waals surface area contributed by atoms with Gasteiger partial charge >= 0.3 is 0 Å². The van der Waals surface area contributed by atoms with Gasteiger partial charge in [-0.1, -0.05) is 44.1 Å². The van der Waals surface area contributed by atoms with Gasteiger partial charge in [-0.25, -0.2) is 0 Å². The molecule has 0 radical (unpaired) electrons. The summed E-state index contributed by atoms with van der Waals surface area (Å²) in [5.41, 5.74) is 8.36. The molecular formula is C16H21ClN4O. The van der Waals surface area contributed by atoms with E-state index >= 15 is 0 Å². The molecule has 0 aliphatic rings. The average Bonchev–Trinajstić information content (AvgIpc) is 3.05. The molecule has 22 heavy (non-hydrogen) atoms. The molecule has 0 spiro atoms. The van der Waals surface area contributed by atoms with Crippen LogP contribution in [0.2, 0.25) is 0 Å². The number of H-pyrrole nitrogens is 1. The predicted molar refractivity (Wildman–Crippen MR) is 89.2 cm³/mol. The van der Waals surface area contributed by atoms with E-state index in [1.165, 1.54) is 5.39 Å². The lowest BCUT2D eigenvalue weighted by molar-refractivity contribution is 0.343. The Morgan fingerprint density at radius 3 is 2.68 bits per heavy atom. The van der Waals surface area contributed by atoms with Crippen molar-refractivity contribution < 1.29 is 4.52 Å². The molecule has 2 heterocycles. The number of benzene rings is 1. The van der Waals surface area contributed by atoms with Crippen LogP contribution < -0.4 is 5.73 Å². The minimum atomic E-state index is -0.298. The lowest BCUT2D eigenvalue weighted by atomic mass is 9.96. The molecule has 0 saturated carbocycles. The maximum atomic E-state index is 6.22. The Labute approximate surface area is 135 Å². The van der Waals surface area contributed by atoms with Crippen molar-refractivity contribution in [1.82, 2.24) is 15.1 Å². The highest BCUT2D eigenvalue weighted by Crippen LogP contribution is 2.24. The smallest absolute Gasteiger partial charge is 0.243 e. The molecule has 0 aliphatic heterocycles. The van der Waals surface area contributed by atoms with Crippen molar-refractivity contribution in [3.63, 3.8) is 0 Å². The normalized spacial score (nSPS) is 13.1. The monoisotopic (exact) mass is 320 g/mol. The summed E-state index contributed by atoms with van der Waals surface area (Å²) in [5, 5.41) is 5.21. The van der Waals surface area contributed by atoms with Crippen LogP contribution in [0.15, 0.2) is 35.0 Å². The molecule has 0 unspecified atom stereocenters. The van der Waals surface area contributed by atoms with Crippen molar-refractivity contribution >= 4 is 23.3 Å². The molecule has 3 aromatic rings. The van der Waals surface area contributed by atoms with Gasteiger partial charge in [0, 0.05) is 22.5 Å². The SMILES string of the molecule is CC(C)(C)c1noc([C@@H](N)Cc2c[nH]c3ccccc23)n1.Cl. The van der Waals surface area contributed by atoms with E-state index in [-0.39, 0.29) is 23.9 Å². The molecule has 0 fully saturated rings. The van der Waals surface area contributed by atoms with Gasteiger partial charge in [-0.05, 0) is 18.1 Å². The van der Waals surface area contributed by atoms with E-state index in [0.29, 0.717) is 18.1 Å². The van der Waals surface area contributed by atoms with Crippen molar-refractivity contribution in [3.8, 4) is 0 Å². The summed E-state index contributed by atoms with van der Waals surface area (Å²) in [6, 6.07) is 7.87. The van der Waals surface area contributed by atoms with Gasteiger partial charge < -0.3 is 15.2 Å². The summed E-state index contributed by atoms with van der Waals surface area (Å²) in [7, 11) is 0. The zero-order chi connectivity index (χ0) is 15.0. The van der Waals surface area contributed by atoms with E-state index in [1.807, 2.05) is 39.1 Å². The number of para-hydroxylation sites is 1. The van der Waals surface area contributed by atoms with Gasteiger partial charge in [-0.2, -0.15) is 4.98 Å². The first-order valence-electron chi connectivity index (χ1n) is 7.10. The third kappa shape index (κ3) is 3.15. The highest BCUT2D eigenvalue weighted by molar-refractivity contribution is 5.85. The van der Waals surface area contributed by atoms with E-state index in [1.54, 1.807) is 0 Å². The molecule has 118 valence electrons. The molecular weight excluding hydrogens is 300 g/mol. The molecule has 3 rings (SSSR count). The highest BCUT2D eigenvalue weighted by atomic mass is 35.5. The molecule has 5 nitrogen and oxygen atoms in total. The second-order valence-electron chi connectivity index (χ2n) is 6.38. The quantitative estimate of drug-likeness (QED) is 0.773.